The SMILES string of the molecule is CCCCCCCCC(CCCCCC)COC(=O)CCCCCN(C)CCN(CCO)CCCCC(COC(=O)CCCCCCC)COC(=O)CCCCCCC. The molecule has 1 atom stereocenters. The Hall–Kier alpha value is -1.71. The molecule has 0 aliphatic heterocycles. The van der Waals surface area contributed by atoms with Crippen LogP contribution in [0.5, 0.6) is 0 Å². The molecule has 0 aliphatic rings. The number of rotatable bonds is 46. The summed E-state index contributed by atoms with van der Waals surface area (Å²) in [4.78, 5) is 42.2. The molecule has 0 amide bonds. The molecule has 0 bridgehead atoms. The summed E-state index contributed by atoms with van der Waals surface area (Å²) < 4.78 is 17.1. The Morgan fingerprint density at radius 1 is 0.407 bits per heavy atom. The average molecular weight is 839 g/mol. The van der Waals surface area contributed by atoms with Gasteiger partial charge in [-0.15, -0.1) is 0 Å². The quantitative estimate of drug-likeness (QED) is 0.0364. The minimum absolute atomic E-state index is 0.00509. The van der Waals surface area contributed by atoms with Gasteiger partial charge in [0.25, 0.3) is 0 Å². The normalized spacial score (nSPS) is 12.2. The van der Waals surface area contributed by atoms with E-state index in [2.05, 4.69) is 44.5 Å². The molecule has 0 aliphatic carbocycles. The number of likely N-dealkylation sites (N-methyl/N-ethyl adjacent to an activating group) is 1. The van der Waals surface area contributed by atoms with Crippen LogP contribution in [0.25, 0.3) is 0 Å². The highest BCUT2D eigenvalue weighted by atomic mass is 16.5. The second kappa shape index (κ2) is 44.3. The van der Waals surface area contributed by atoms with Gasteiger partial charge in [0.15, 0.2) is 0 Å². The van der Waals surface area contributed by atoms with Crippen LogP contribution in [0.15, 0.2) is 0 Å². The Morgan fingerprint density at radius 3 is 1.24 bits per heavy atom. The molecule has 0 aromatic heterocycles. The van der Waals surface area contributed by atoms with Crippen molar-refractivity contribution in [3.05, 3.63) is 0 Å². The Kier molecular flexibility index (Phi) is 43.1. The Labute approximate surface area is 365 Å². The number of nitrogens with zero attached hydrogens (tertiary/aromatic N) is 2. The van der Waals surface area contributed by atoms with E-state index in [0.29, 0.717) is 51.5 Å². The highest BCUT2D eigenvalue weighted by Crippen LogP contribution is 2.20. The van der Waals surface area contributed by atoms with E-state index in [-0.39, 0.29) is 30.4 Å². The number of carbonyl (C=O) groups excluding carboxylic acids is 3. The van der Waals surface area contributed by atoms with Crippen LogP contribution in [0.2, 0.25) is 0 Å². The van der Waals surface area contributed by atoms with Gasteiger partial charge in [0.2, 0.25) is 0 Å². The topological polar surface area (TPSA) is 106 Å². The van der Waals surface area contributed by atoms with E-state index < -0.39 is 0 Å². The second-order valence-electron chi connectivity index (χ2n) is 17.7. The summed E-state index contributed by atoms with van der Waals surface area (Å²) >= 11 is 0. The Bertz CT molecular complexity index is 905. The number of aliphatic hydroxyl groups excluding tert-OH is 1. The number of ether oxygens (including phenoxy) is 3. The van der Waals surface area contributed by atoms with Crippen LogP contribution in [0.4, 0.5) is 0 Å². The predicted molar refractivity (Wildman–Crippen MR) is 247 cm³/mol. The van der Waals surface area contributed by atoms with Gasteiger partial charge in [0.1, 0.15) is 0 Å². The fourth-order valence-electron chi connectivity index (χ4n) is 7.69. The van der Waals surface area contributed by atoms with Crippen molar-refractivity contribution in [3.8, 4) is 0 Å². The molecule has 350 valence electrons. The summed E-state index contributed by atoms with van der Waals surface area (Å²) in [6, 6.07) is 0. The third kappa shape index (κ3) is 40.1. The van der Waals surface area contributed by atoms with E-state index >= 15 is 0 Å². The molecule has 0 saturated heterocycles. The molecule has 9 heteroatoms. The van der Waals surface area contributed by atoms with E-state index in [1.165, 1.54) is 103 Å². The molecule has 0 rings (SSSR count). The molecular weight excluding hydrogens is 741 g/mol. The Balaban J connectivity index is 4.54. The van der Waals surface area contributed by atoms with E-state index in [4.69, 9.17) is 14.2 Å². The van der Waals surface area contributed by atoms with Gasteiger partial charge in [-0.05, 0) is 77.4 Å². The fraction of sp³-hybridized carbons (Fsp3) is 0.940. The van der Waals surface area contributed by atoms with Crippen LogP contribution < -0.4 is 0 Å². The van der Waals surface area contributed by atoms with Crippen molar-refractivity contribution < 1.29 is 33.7 Å². The lowest BCUT2D eigenvalue weighted by atomic mass is 9.95. The van der Waals surface area contributed by atoms with Gasteiger partial charge < -0.3 is 24.2 Å². The lowest BCUT2D eigenvalue weighted by Crippen LogP contribution is -2.36. The molecule has 0 spiro atoms. The maximum Gasteiger partial charge on any atom is 0.305 e. The van der Waals surface area contributed by atoms with Crippen LogP contribution in [-0.2, 0) is 28.6 Å². The van der Waals surface area contributed by atoms with Gasteiger partial charge in [0.05, 0.1) is 26.4 Å². The Morgan fingerprint density at radius 2 is 0.763 bits per heavy atom. The lowest BCUT2D eigenvalue weighted by Gasteiger charge is -2.25. The smallest absolute Gasteiger partial charge is 0.305 e. The molecule has 0 aromatic carbocycles. The first kappa shape index (κ1) is 57.3. The third-order valence-electron chi connectivity index (χ3n) is 11.8. The van der Waals surface area contributed by atoms with Crippen molar-refractivity contribution in [2.75, 3.05) is 66.2 Å². The summed E-state index contributed by atoms with van der Waals surface area (Å²) in [6.07, 6.45) is 33.3. The third-order valence-corrected chi connectivity index (χ3v) is 11.8. The molecule has 0 heterocycles. The molecule has 1 unspecified atom stereocenters. The largest absolute Gasteiger partial charge is 0.465 e. The molecule has 1 N–H and O–H groups in total. The van der Waals surface area contributed by atoms with Crippen LogP contribution in [0.3, 0.4) is 0 Å². The van der Waals surface area contributed by atoms with E-state index in [9.17, 15) is 19.5 Å². The zero-order valence-electron chi connectivity index (χ0n) is 39.7. The zero-order chi connectivity index (χ0) is 43.4. The molecule has 0 saturated carbocycles. The van der Waals surface area contributed by atoms with Gasteiger partial charge >= 0.3 is 17.9 Å². The van der Waals surface area contributed by atoms with Gasteiger partial charge in [0, 0.05) is 44.8 Å². The summed E-state index contributed by atoms with van der Waals surface area (Å²) in [5, 5.41) is 9.75. The van der Waals surface area contributed by atoms with Crippen molar-refractivity contribution >= 4 is 17.9 Å². The first-order valence-electron chi connectivity index (χ1n) is 25.3. The van der Waals surface area contributed by atoms with E-state index in [1.807, 2.05) is 0 Å². The number of esters is 3. The second-order valence-corrected chi connectivity index (χ2v) is 17.7. The first-order chi connectivity index (χ1) is 28.8. The van der Waals surface area contributed by atoms with Gasteiger partial charge in [-0.1, -0.05) is 156 Å². The van der Waals surface area contributed by atoms with Gasteiger partial charge in [-0.3, -0.25) is 19.3 Å². The number of unbranched alkanes of at least 4 members (excludes halogenated alkanes) is 19. The van der Waals surface area contributed by atoms with Crippen LogP contribution in [-0.4, -0.2) is 99.0 Å². The first-order valence-corrected chi connectivity index (χ1v) is 25.3. The van der Waals surface area contributed by atoms with Crippen molar-refractivity contribution in [1.29, 1.82) is 0 Å². The number of hydrogen-bond donors (Lipinski definition) is 1. The van der Waals surface area contributed by atoms with Crippen molar-refractivity contribution in [2.45, 2.75) is 227 Å². The van der Waals surface area contributed by atoms with Crippen molar-refractivity contribution in [3.63, 3.8) is 0 Å². The summed E-state index contributed by atoms with van der Waals surface area (Å²) in [5.74, 6) is 0.166. The summed E-state index contributed by atoms with van der Waals surface area (Å²) in [6.45, 7) is 14.5. The monoisotopic (exact) mass is 839 g/mol. The summed E-state index contributed by atoms with van der Waals surface area (Å²) in [5.41, 5.74) is 0. The maximum atomic E-state index is 12.6. The highest BCUT2D eigenvalue weighted by molar-refractivity contribution is 5.70. The zero-order valence-corrected chi connectivity index (χ0v) is 39.7. The minimum Gasteiger partial charge on any atom is -0.465 e. The average Bonchev–Trinajstić information content (AvgIpc) is 3.23. The molecule has 0 fully saturated rings. The van der Waals surface area contributed by atoms with Crippen LogP contribution >= 0.6 is 0 Å². The minimum atomic E-state index is -0.152. The summed E-state index contributed by atoms with van der Waals surface area (Å²) in [7, 11) is 2.15. The van der Waals surface area contributed by atoms with Crippen molar-refractivity contribution in [2.24, 2.45) is 11.8 Å². The maximum absolute atomic E-state index is 12.6. The highest BCUT2D eigenvalue weighted by Gasteiger charge is 2.17. The van der Waals surface area contributed by atoms with Gasteiger partial charge in [-0.2, -0.15) is 0 Å². The van der Waals surface area contributed by atoms with E-state index in [0.717, 1.165) is 103 Å². The molecular formula is C50H98N2O7. The van der Waals surface area contributed by atoms with E-state index in [1.54, 1.807) is 0 Å². The molecule has 59 heavy (non-hydrogen) atoms. The number of aliphatic hydroxyl groups is 1. The lowest BCUT2D eigenvalue weighted by molar-refractivity contribution is -0.149. The van der Waals surface area contributed by atoms with Gasteiger partial charge in [-0.25, -0.2) is 0 Å². The molecule has 0 radical (unpaired) electrons. The van der Waals surface area contributed by atoms with Crippen molar-refractivity contribution in [1.82, 2.24) is 9.80 Å². The standard InChI is InChI=1S/C50H98N2O7/c1-6-10-14-18-21-24-32-46(31-23-17-13-9-4)43-57-48(54)36-27-22-29-37-51(5)39-40-52(41-42-53)38-30-28-33-47(44-58-49(55)34-25-19-15-11-7-2)45-59-50(56)35-26-20-16-12-8-3/h46-47,53H,6-45H2,1-5H3. The number of carbonyl (C=O) groups is 3. The van der Waals surface area contributed by atoms with Crippen LogP contribution in [0.1, 0.15) is 227 Å². The fourth-order valence-corrected chi connectivity index (χ4v) is 7.69. The predicted octanol–water partition coefficient (Wildman–Crippen LogP) is 12.2. The molecule has 9 nitrogen and oxygen atoms in total. The van der Waals surface area contributed by atoms with Crippen LogP contribution in [0, 0.1) is 11.8 Å². The molecule has 0 aromatic rings. The number of hydrogen-bond acceptors (Lipinski definition) is 9.